The molecular formula is C17H8Cl2F3N7S. The van der Waals surface area contributed by atoms with E-state index in [-0.39, 0.29) is 38.7 Å². The fraction of sp³-hybridized carbons (Fsp3) is 0.118. The van der Waals surface area contributed by atoms with Crippen LogP contribution in [0.15, 0.2) is 35.6 Å². The number of halogens is 5. The van der Waals surface area contributed by atoms with Crippen molar-refractivity contribution in [3.05, 3.63) is 57.7 Å². The first-order valence-electron chi connectivity index (χ1n) is 7.90. The van der Waals surface area contributed by atoms with Gasteiger partial charge in [0, 0.05) is 12.4 Å². The Balaban J connectivity index is 2.15. The number of hydrogen-bond donors (Lipinski definition) is 1. The van der Waals surface area contributed by atoms with Crippen molar-refractivity contribution in [3.8, 4) is 17.2 Å². The number of nitrogens with zero attached hydrogens (tertiary/aromatic N) is 6. The number of anilines is 1. The van der Waals surface area contributed by atoms with Crippen LogP contribution in [0.4, 0.5) is 19.0 Å². The second-order valence-corrected chi connectivity index (χ2v) is 7.19. The van der Waals surface area contributed by atoms with Gasteiger partial charge in [0.1, 0.15) is 27.9 Å². The highest BCUT2D eigenvalue weighted by Crippen LogP contribution is 2.40. The first-order chi connectivity index (χ1) is 14.3. The molecule has 2 aromatic heterocycles. The summed E-state index contributed by atoms with van der Waals surface area (Å²) in [6.45, 7) is 0.124. The molecule has 0 aliphatic rings. The van der Waals surface area contributed by atoms with E-state index in [1.165, 1.54) is 18.6 Å². The van der Waals surface area contributed by atoms with Crippen molar-refractivity contribution in [3.63, 3.8) is 0 Å². The zero-order chi connectivity index (χ0) is 21.9. The highest BCUT2D eigenvalue weighted by atomic mass is 35.5. The van der Waals surface area contributed by atoms with Crippen LogP contribution in [0.5, 0.6) is 0 Å². The molecule has 1 N–H and O–H groups in total. The number of hydrogen-bond acceptors (Lipinski definition) is 7. The molecule has 1 aromatic carbocycles. The van der Waals surface area contributed by atoms with Gasteiger partial charge in [0.05, 0.1) is 34.0 Å². The van der Waals surface area contributed by atoms with Crippen LogP contribution >= 0.6 is 35.0 Å². The van der Waals surface area contributed by atoms with Gasteiger partial charge in [-0.1, -0.05) is 23.2 Å². The smallest absolute Gasteiger partial charge is 0.363 e. The van der Waals surface area contributed by atoms with E-state index in [1.54, 1.807) is 0 Å². The largest absolute Gasteiger partial charge is 0.416 e. The molecule has 0 spiro atoms. The summed E-state index contributed by atoms with van der Waals surface area (Å²) in [6.07, 6.45) is -0.194. The fourth-order valence-corrected chi connectivity index (χ4v) is 3.64. The number of benzene rings is 1. The van der Waals surface area contributed by atoms with Crippen LogP contribution in [0.25, 0.3) is 5.69 Å². The molecule has 30 heavy (non-hydrogen) atoms. The Hall–Kier alpha value is -2.99. The van der Waals surface area contributed by atoms with Gasteiger partial charge in [-0.05, 0) is 23.9 Å². The standard InChI is InChI=1S/C17H8Cl2F3N7S/c18-11-3-9(17(20,21)22)4-12(19)14(11)29-16(15(30-8-24)13(5-23)28-29)27-7-10-6-25-1-2-26-10/h1-4,6,27H,7H2. The number of aromatic nitrogens is 4. The number of rotatable bonds is 5. The summed E-state index contributed by atoms with van der Waals surface area (Å²) in [5, 5.41) is 26.7. The zero-order valence-electron chi connectivity index (χ0n) is 14.6. The molecule has 13 heteroatoms. The van der Waals surface area contributed by atoms with E-state index in [2.05, 4.69) is 20.4 Å². The molecule has 0 bridgehead atoms. The van der Waals surface area contributed by atoms with Crippen molar-refractivity contribution in [2.45, 2.75) is 17.6 Å². The molecule has 0 unspecified atom stereocenters. The van der Waals surface area contributed by atoms with Gasteiger partial charge in [0.25, 0.3) is 0 Å². The molecule has 0 amide bonds. The Kier molecular flexibility index (Phi) is 6.37. The van der Waals surface area contributed by atoms with Gasteiger partial charge in [-0.3, -0.25) is 9.97 Å². The number of thioether (sulfide) groups is 1. The second-order valence-electron chi connectivity index (χ2n) is 5.58. The van der Waals surface area contributed by atoms with Gasteiger partial charge in [-0.25, -0.2) is 4.68 Å². The van der Waals surface area contributed by atoms with Gasteiger partial charge in [0.2, 0.25) is 0 Å². The van der Waals surface area contributed by atoms with Crippen LogP contribution < -0.4 is 5.32 Å². The normalized spacial score (nSPS) is 11.0. The number of thiocyanates is 1. The molecule has 3 aromatic rings. The summed E-state index contributed by atoms with van der Waals surface area (Å²) in [6, 6.07) is 3.26. The van der Waals surface area contributed by atoms with E-state index >= 15 is 0 Å². The van der Waals surface area contributed by atoms with Crippen LogP contribution in [0.3, 0.4) is 0 Å². The molecule has 0 saturated carbocycles. The minimum atomic E-state index is -4.65. The predicted molar refractivity (Wildman–Crippen MR) is 104 cm³/mol. The van der Waals surface area contributed by atoms with Crippen LogP contribution in [0.1, 0.15) is 17.0 Å². The maximum Gasteiger partial charge on any atom is 0.416 e. The summed E-state index contributed by atoms with van der Waals surface area (Å²) in [4.78, 5) is 8.20. The predicted octanol–water partition coefficient (Wildman–Crippen LogP) is 5.04. The zero-order valence-corrected chi connectivity index (χ0v) is 16.9. The third kappa shape index (κ3) is 4.44. The Labute approximate surface area is 182 Å². The van der Waals surface area contributed by atoms with Crippen molar-refractivity contribution >= 4 is 40.8 Å². The first kappa shape index (κ1) is 21.7. The third-order valence-corrected chi connectivity index (χ3v) is 4.96. The Morgan fingerprint density at radius 3 is 2.40 bits per heavy atom. The molecular weight excluding hydrogens is 462 g/mol. The monoisotopic (exact) mass is 469 g/mol. The molecule has 3 rings (SSSR count). The lowest BCUT2D eigenvalue weighted by Gasteiger charge is -2.15. The van der Waals surface area contributed by atoms with Crippen LogP contribution in [-0.2, 0) is 12.7 Å². The molecule has 0 aliphatic heterocycles. The molecule has 7 nitrogen and oxygen atoms in total. The number of alkyl halides is 3. The van der Waals surface area contributed by atoms with Crippen molar-refractivity contribution in [2.24, 2.45) is 0 Å². The maximum absolute atomic E-state index is 13.0. The summed E-state index contributed by atoms with van der Waals surface area (Å²) in [5.74, 6) is 0.146. The SMILES string of the molecule is N#CSc1c(C#N)nn(-c2c(Cl)cc(C(F)(F)F)cc2Cl)c1NCc1cnccn1. The lowest BCUT2D eigenvalue weighted by Crippen LogP contribution is -2.10. The summed E-state index contributed by atoms with van der Waals surface area (Å²) < 4.78 is 40.2. The van der Waals surface area contributed by atoms with Crippen molar-refractivity contribution in [1.29, 1.82) is 10.5 Å². The Bertz CT molecular complexity index is 1140. The third-order valence-electron chi connectivity index (χ3n) is 3.71. The minimum absolute atomic E-state index is 0.0748. The maximum atomic E-state index is 13.0. The number of nitriles is 2. The van der Waals surface area contributed by atoms with Gasteiger partial charge in [-0.2, -0.15) is 28.8 Å². The molecule has 0 saturated heterocycles. The van der Waals surface area contributed by atoms with E-state index in [1.807, 2.05) is 11.5 Å². The van der Waals surface area contributed by atoms with Crippen LogP contribution in [-0.4, -0.2) is 19.7 Å². The van der Waals surface area contributed by atoms with Crippen LogP contribution in [0, 0.1) is 22.0 Å². The molecule has 2 heterocycles. The highest BCUT2D eigenvalue weighted by molar-refractivity contribution is 8.04. The van der Waals surface area contributed by atoms with E-state index in [0.29, 0.717) is 29.6 Å². The van der Waals surface area contributed by atoms with E-state index in [4.69, 9.17) is 28.5 Å². The molecule has 152 valence electrons. The molecule has 0 atom stereocenters. The van der Waals surface area contributed by atoms with Gasteiger partial charge < -0.3 is 5.32 Å². The Morgan fingerprint density at radius 1 is 1.17 bits per heavy atom. The lowest BCUT2D eigenvalue weighted by atomic mass is 10.2. The van der Waals surface area contributed by atoms with Crippen LogP contribution in [0.2, 0.25) is 10.0 Å². The topological polar surface area (TPSA) is 103 Å². The average Bonchev–Trinajstić information content (AvgIpc) is 3.03. The average molecular weight is 470 g/mol. The fourth-order valence-electron chi connectivity index (χ4n) is 2.46. The molecule has 0 aliphatic carbocycles. The van der Waals surface area contributed by atoms with Gasteiger partial charge in [-0.15, -0.1) is 0 Å². The highest BCUT2D eigenvalue weighted by Gasteiger charge is 2.33. The van der Waals surface area contributed by atoms with Crippen molar-refractivity contribution in [2.75, 3.05) is 5.32 Å². The van der Waals surface area contributed by atoms with E-state index in [0.717, 1.165) is 4.68 Å². The summed E-state index contributed by atoms with van der Waals surface area (Å²) >= 11 is 12.9. The van der Waals surface area contributed by atoms with E-state index < -0.39 is 11.7 Å². The Morgan fingerprint density at radius 2 is 1.87 bits per heavy atom. The molecule has 0 radical (unpaired) electrons. The quantitative estimate of drug-likeness (QED) is 0.412. The first-order valence-corrected chi connectivity index (χ1v) is 9.48. The van der Waals surface area contributed by atoms with Crippen molar-refractivity contribution in [1.82, 2.24) is 19.7 Å². The lowest BCUT2D eigenvalue weighted by molar-refractivity contribution is -0.137. The second kappa shape index (κ2) is 8.79. The summed E-state index contributed by atoms with van der Waals surface area (Å²) in [7, 11) is 0. The van der Waals surface area contributed by atoms with Gasteiger partial charge >= 0.3 is 6.18 Å². The summed E-state index contributed by atoms with van der Waals surface area (Å²) in [5.41, 5.74) is -0.708. The number of nitrogens with one attached hydrogen (secondary N) is 1. The van der Waals surface area contributed by atoms with Gasteiger partial charge in [0.15, 0.2) is 5.69 Å². The van der Waals surface area contributed by atoms with E-state index in [9.17, 15) is 18.4 Å². The molecule has 0 fully saturated rings. The minimum Gasteiger partial charge on any atom is -0.363 e. The van der Waals surface area contributed by atoms with Crippen molar-refractivity contribution < 1.29 is 13.2 Å².